The second-order valence-electron chi connectivity index (χ2n) is 30.6. The second kappa shape index (κ2) is 15.5. The van der Waals surface area contributed by atoms with Gasteiger partial charge in [-0.05, 0) is 140 Å². The molecule has 78 heavy (non-hydrogen) atoms. The lowest BCUT2D eigenvalue weighted by atomic mass is 9.26. The molecule has 4 aliphatic heterocycles. The van der Waals surface area contributed by atoms with Crippen LogP contribution in [-0.2, 0) is 32.5 Å². The van der Waals surface area contributed by atoms with Gasteiger partial charge in [-0.1, -0.05) is 245 Å². The van der Waals surface area contributed by atoms with Crippen molar-refractivity contribution in [1.82, 2.24) is 9.13 Å². The number of benzene rings is 8. The molecule has 10 aromatic rings. The number of fused-ring (bicyclic) bond motifs is 4. The SMILES string of the molecule is Cc1ccccc1-c1c2c3c4c5c1B(c1ccc(C(C)(C)C)cc1)c1ccc(C(C)(C)C)c6c7c(C(C)(C)C)ccc(c7n-5c16)B4c1cc(C(C)(C)C)cc4c5cc(C(C)(C)C)cc(c5n-3c14)B2c1ccc(C(C)(C)C)cc1. The van der Waals surface area contributed by atoms with E-state index >= 15 is 0 Å². The number of hydrogen-bond acceptors (Lipinski definition) is 0. The molecule has 0 unspecified atom stereocenters. The van der Waals surface area contributed by atoms with Crippen molar-refractivity contribution < 1.29 is 0 Å². The molecule has 0 N–H and O–H groups in total. The molecule has 6 heterocycles. The summed E-state index contributed by atoms with van der Waals surface area (Å²) < 4.78 is 5.73. The van der Waals surface area contributed by atoms with Crippen molar-refractivity contribution in [3.8, 4) is 22.5 Å². The van der Waals surface area contributed by atoms with Crippen LogP contribution in [0.15, 0.2) is 121 Å². The summed E-state index contributed by atoms with van der Waals surface area (Å²) in [6, 6.07) is 50.0. The van der Waals surface area contributed by atoms with Crippen molar-refractivity contribution >= 4 is 113 Å². The van der Waals surface area contributed by atoms with E-state index in [0.29, 0.717) is 0 Å². The first kappa shape index (κ1) is 49.8. The Morgan fingerprint density at radius 2 is 0.718 bits per heavy atom. The first-order chi connectivity index (χ1) is 36.5. The number of nitrogens with zero attached hydrogens (tertiary/aromatic N) is 2. The van der Waals surface area contributed by atoms with Crippen LogP contribution in [0.3, 0.4) is 0 Å². The summed E-state index contributed by atoms with van der Waals surface area (Å²) in [5.74, 6) is 0. The molecule has 2 nitrogen and oxygen atoms in total. The summed E-state index contributed by atoms with van der Waals surface area (Å²) in [6.07, 6.45) is 0. The lowest BCUT2D eigenvalue weighted by molar-refractivity contribution is 0.590. The summed E-state index contributed by atoms with van der Waals surface area (Å²) in [5.41, 5.74) is 33.3. The Bertz CT molecular complexity index is 4300. The fourth-order valence-corrected chi connectivity index (χ4v) is 15.2. The predicted octanol–water partition coefficient (Wildman–Crippen LogP) is 12.4. The Morgan fingerprint density at radius 1 is 0.333 bits per heavy atom. The monoisotopic (exact) mass is 1010 g/mol. The predicted molar refractivity (Wildman–Crippen MR) is 344 cm³/mol. The van der Waals surface area contributed by atoms with Gasteiger partial charge in [-0.15, -0.1) is 0 Å². The average Bonchev–Trinajstić information content (AvgIpc) is 2.01. The summed E-state index contributed by atoms with van der Waals surface area (Å²) in [5, 5.41) is 5.66. The maximum absolute atomic E-state index is 2.88. The van der Waals surface area contributed by atoms with Crippen LogP contribution in [0.5, 0.6) is 0 Å². The van der Waals surface area contributed by atoms with E-state index in [1.807, 2.05) is 0 Å². The molecular formula is C73H77B3N2. The fraction of sp³-hybridized carbons (Fsp3) is 0.342. The molecule has 4 aliphatic rings. The van der Waals surface area contributed by atoms with E-state index in [1.165, 1.54) is 154 Å². The maximum atomic E-state index is 2.88. The van der Waals surface area contributed by atoms with Crippen molar-refractivity contribution in [1.29, 1.82) is 0 Å². The maximum Gasteiger partial charge on any atom is 0.252 e. The van der Waals surface area contributed by atoms with Gasteiger partial charge in [0.1, 0.15) is 0 Å². The van der Waals surface area contributed by atoms with E-state index in [0.717, 1.165) is 0 Å². The average molecular weight is 1010 g/mol. The quantitative estimate of drug-likeness (QED) is 0.156. The minimum Gasteiger partial charge on any atom is -0.311 e. The van der Waals surface area contributed by atoms with Gasteiger partial charge in [-0.25, -0.2) is 0 Å². The van der Waals surface area contributed by atoms with Crippen LogP contribution in [0, 0.1) is 6.92 Å². The highest BCUT2D eigenvalue weighted by Crippen LogP contribution is 2.48. The van der Waals surface area contributed by atoms with Gasteiger partial charge in [0.05, 0.1) is 0 Å². The van der Waals surface area contributed by atoms with Gasteiger partial charge in [-0.3, -0.25) is 0 Å². The van der Waals surface area contributed by atoms with Crippen LogP contribution >= 0.6 is 0 Å². The number of hydrogen-bond donors (Lipinski definition) is 0. The molecule has 0 spiro atoms. The van der Waals surface area contributed by atoms with E-state index in [4.69, 9.17) is 0 Å². The normalized spacial score (nSPS) is 14.8. The number of aryl methyl sites for hydroxylation is 1. The topological polar surface area (TPSA) is 9.86 Å². The minimum absolute atomic E-state index is 0.00975. The Labute approximate surface area is 466 Å². The fourth-order valence-electron chi connectivity index (χ4n) is 15.2. The van der Waals surface area contributed by atoms with Crippen molar-refractivity contribution in [2.24, 2.45) is 0 Å². The van der Waals surface area contributed by atoms with Crippen LogP contribution < -0.4 is 49.2 Å². The van der Waals surface area contributed by atoms with Crippen molar-refractivity contribution in [3.05, 3.63) is 160 Å². The summed E-state index contributed by atoms with van der Waals surface area (Å²) in [6.45, 7) is 45.5. The summed E-state index contributed by atoms with van der Waals surface area (Å²) >= 11 is 0. The highest BCUT2D eigenvalue weighted by atomic mass is 15.1. The molecule has 0 radical (unpaired) electrons. The summed E-state index contributed by atoms with van der Waals surface area (Å²) in [4.78, 5) is 0. The lowest BCUT2D eigenvalue weighted by Crippen LogP contribution is -2.70. The highest BCUT2D eigenvalue weighted by molar-refractivity contribution is 7.07. The zero-order chi connectivity index (χ0) is 55.2. The Morgan fingerprint density at radius 3 is 1.13 bits per heavy atom. The molecule has 0 atom stereocenters. The molecule has 2 aromatic heterocycles. The van der Waals surface area contributed by atoms with Gasteiger partial charge in [0.15, 0.2) is 0 Å². The highest BCUT2D eigenvalue weighted by Gasteiger charge is 2.52. The van der Waals surface area contributed by atoms with E-state index < -0.39 is 0 Å². The molecule has 0 bridgehead atoms. The van der Waals surface area contributed by atoms with Crippen molar-refractivity contribution in [2.75, 3.05) is 0 Å². The number of rotatable bonds is 3. The zero-order valence-corrected chi connectivity index (χ0v) is 50.2. The van der Waals surface area contributed by atoms with Crippen LogP contribution in [0.25, 0.3) is 66.1 Å². The molecular weight excluding hydrogens is 937 g/mol. The standard InChI is InChI=1S/C73H77B3N2/c1-40-22-20-21-23-47(40)56-59-67-61-66-60(56)75(46-30-26-42(27-31-46)69(5,6)7)54-38-43(70(8,9)10)36-48-49-37-44(71(11,12)13)39-55(63(49)77(66)62(48)54)76(61)53-35-33-51(73(17,18)19)58-57-50(72(14,15)16)32-34-52(64(57)78(67)65(53)58)74(59)45-28-24-41(25-29-45)68(2,3)4/h20-39H,1-19H3. The lowest BCUT2D eigenvalue weighted by Gasteiger charge is -2.44. The molecule has 0 saturated heterocycles. The van der Waals surface area contributed by atoms with E-state index in [-0.39, 0.29) is 52.6 Å². The molecule has 8 aromatic carbocycles. The molecule has 5 heteroatoms. The van der Waals surface area contributed by atoms with Crippen LogP contribution in [-0.4, -0.2) is 29.3 Å². The molecule has 0 aliphatic carbocycles. The number of aromatic nitrogens is 2. The molecule has 388 valence electrons. The van der Waals surface area contributed by atoms with E-state index in [1.54, 1.807) is 0 Å². The largest absolute Gasteiger partial charge is 0.311 e. The third-order valence-corrected chi connectivity index (χ3v) is 19.2. The Kier molecular flexibility index (Phi) is 9.88. The second-order valence-corrected chi connectivity index (χ2v) is 30.6. The van der Waals surface area contributed by atoms with Crippen molar-refractivity contribution in [3.63, 3.8) is 0 Å². The van der Waals surface area contributed by atoms with Gasteiger partial charge >= 0.3 is 0 Å². The van der Waals surface area contributed by atoms with Crippen molar-refractivity contribution in [2.45, 2.75) is 164 Å². The van der Waals surface area contributed by atoms with Gasteiger partial charge < -0.3 is 9.13 Å². The van der Waals surface area contributed by atoms with E-state index in [2.05, 4.69) is 262 Å². The molecule has 0 amide bonds. The Hall–Kier alpha value is -6.45. The molecule has 0 fully saturated rings. The van der Waals surface area contributed by atoms with Gasteiger partial charge in [0.25, 0.3) is 6.71 Å². The van der Waals surface area contributed by atoms with Gasteiger partial charge in [0, 0.05) is 55.0 Å². The third-order valence-electron chi connectivity index (χ3n) is 19.2. The first-order valence-corrected chi connectivity index (χ1v) is 29.3. The van der Waals surface area contributed by atoms with E-state index in [9.17, 15) is 0 Å². The van der Waals surface area contributed by atoms with Gasteiger partial charge in [-0.2, -0.15) is 0 Å². The molecule has 14 rings (SSSR count). The first-order valence-electron chi connectivity index (χ1n) is 29.3. The minimum atomic E-state index is -0.111. The third kappa shape index (κ3) is 6.60. The summed E-state index contributed by atoms with van der Waals surface area (Å²) in [7, 11) is 0. The van der Waals surface area contributed by atoms with Crippen LogP contribution in [0.1, 0.15) is 164 Å². The van der Waals surface area contributed by atoms with Crippen LogP contribution in [0.2, 0.25) is 0 Å². The van der Waals surface area contributed by atoms with Crippen LogP contribution in [0.4, 0.5) is 0 Å². The van der Waals surface area contributed by atoms with Gasteiger partial charge in [0.2, 0.25) is 13.4 Å². The Balaban J connectivity index is 1.31. The molecule has 0 saturated carbocycles. The zero-order valence-electron chi connectivity index (χ0n) is 50.2. The smallest absolute Gasteiger partial charge is 0.252 e.